The van der Waals surface area contributed by atoms with Crippen molar-refractivity contribution in [1.82, 2.24) is 0 Å². The quantitative estimate of drug-likeness (QED) is 0.628. The van der Waals surface area contributed by atoms with Crippen molar-refractivity contribution in [3.05, 3.63) is 23.8 Å². The molecular weight excluding hydrogens is 176 g/mol. The predicted molar refractivity (Wildman–Crippen MR) is 44.9 cm³/mol. The number of anilines is 1. The highest BCUT2D eigenvalue weighted by molar-refractivity contribution is 5.50. The van der Waals surface area contributed by atoms with E-state index in [0.717, 1.165) is 0 Å². The average Bonchev–Trinajstić information content (AvgIpc) is 2.06. The highest BCUT2D eigenvalue weighted by Gasteiger charge is 2.37. The van der Waals surface area contributed by atoms with E-state index < -0.39 is 5.92 Å². The molecule has 4 heteroatoms. The summed E-state index contributed by atoms with van der Waals surface area (Å²) in [5.41, 5.74) is 5.65. The Bertz CT molecular complexity index is 338. The molecule has 0 amide bonds. The van der Waals surface area contributed by atoms with Crippen LogP contribution in [-0.2, 0) is 5.92 Å². The van der Waals surface area contributed by atoms with E-state index in [0.29, 0.717) is 5.69 Å². The fourth-order valence-corrected chi connectivity index (χ4v) is 1.38. The third-order valence-corrected chi connectivity index (χ3v) is 2.07. The number of hydrogen-bond donors (Lipinski definition) is 1. The molecule has 1 heterocycles. The van der Waals surface area contributed by atoms with Gasteiger partial charge in [0.1, 0.15) is 5.75 Å². The standard InChI is InChI=1S/C9H9F2NO/c10-9(11)3-4-13-8-2-1-6(12)5-7(8)9/h1-2,5H,3-4,12H2. The van der Waals surface area contributed by atoms with Crippen LogP contribution in [0.1, 0.15) is 12.0 Å². The summed E-state index contributed by atoms with van der Waals surface area (Å²) in [6.45, 7) is 0.0594. The van der Waals surface area contributed by atoms with Gasteiger partial charge in [0.2, 0.25) is 0 Å². The molecule has 1 aromatic carbocycles. The number of nitrogen functional groups attached to an aromatic ring is 1. The normalized spacial score (nSPS) is 18.9. The van der Waals surface area contributed by atoms with E-state index in [-0.39, 0.29) is 24.3 Å². The van der Waals surface area contributed by atoms with Gasteiger partial charge in [-0.15, -0.1) is 0 Å². The van der Waals surface area contributed by atoms with Crippen molar-refractivity contribution < 1.29 is 13.5 Å². The first-order valence-electron chi connectivity index (χ1n) is 4.00. The first-order chi connectivity index (χ1) is 6.09. The van der Waals surface area contributed by atoms with Gasteiger partial charge in [0.25, 0.3) is 5.92 Å². The zero-order valence-electron chi connectivity index (χ0n) is 6.89. The van der Waals surface area contributed by atoms with Gasteiger partial charge >= 0.3 is 0 Å². The smallest absolute Gasteiger partial charge is 0.280 e. The molecule has 0 bridgehead atoms. The lowest BCUT2D eigenvalue weighted by molar-refractivity contribution is -0.0404. The molecule has 0 atom stereocenters. The second-order valence-corrected chi connectivity index (χ2v) is 3.06. The lowest BCUT2D eigenvalue weighted by Crippen LogP contribution is -2.24. The van der Waals surface area contributed by atoms with E-state index in [1.54, 1.807) is 6.07 Å². The molecule has 1 aliphatic rings. The van der Waals surface area contributed by atoms with E-state index >= 15 is 0 Å². The maximum atomic E-state index is 13.2. The SMILES string of the molecule is Nc1ccc2c(c1)C(F)(F)CCO2. The van der Waals surface area contributed by atoms with Crippen LogP contribution >= 0.6 is 0 Å². The van der Waals surface area contributed by atoms with E-state index in [1.165, 1.54) is 12.1 Å². The third-order valence-electron chi connectivity index (χ3n) is 2.07. The topological polar surface area (TPSA) is 35.2 Å². The zero-order valence-corrected chi connectivity index (χ0v) is 6.89. The number of halogens is 2. The van der Waals surface area contributed by atoms with Crippen molar-refractivity contribution in [3.63, 3.8) is 0 Å². The number of benzene rings is 1. The molecular formula is C9H9F2NO. The van der Waals surface area contributed by atoms with Gasteiger partial charge < -0.3 is 10.5 Å². The van der Waals surface area contributed by atoms with Crippen molar-refractivity contribution in [2.24, 2.45) is 0 Å². The molecule has 0 aliphatic carbocycles. The molecule has 0 aromatic heterocycles. The molecule has 0 radical (unpaired) electrons. The monoisotopic (exact) mass is 185 g/mol. The molecule has 2 rings (SSSR count). The van der Waals surface area contributed by atoms with Crippen LogP contribution in [0.5, 0.6) is 5.75 Å². The second-order valence-electron chi connectivity index (χ2n) is 3.06. The molecule has 0 fully saturated rings. The molecule has 0 spiro atoms. The number of rotatable bonds is 0. The lowest BCUT2D eigenvalue weighted by Gasteiger charge is -2.25. The van der Waals surface area contributed by atoms with Crippen molar-refractivity contribution in [3.8, 4) is 5.75 Å². The minimum absolute atomic E-state index is 0.0594. The summed E-state index contributed by atoms with van der Waals surface area (Å²) >= 11 is 0. The summed E-state index contributed by atoms with van der Waals surface area (Å²) in [7, 11) is 0. The summed E-state index contributed by atoms with van der Waals surface area (Å²) in [5.74, 6) is -2.56. The van der Waals surface area contributed by atoms with Crippen LogP contribution in [0.3, 0.4) is 0 Å². The summed E-state index contributed by atoms with van der Waals surface area (Å²) in [5, 5.41) is 0. The number of ether oxygens (including phenoxy) is 1. The Morgan fingerprint density at radius 2 is 2.15 bits per heavy atom. The first kappa shape index (κ1) is 8.29. The predicted octanol–water partition coefficient (Wildman–Crippen LogP) is 2.14. The van der Waals surface area contributed by atoms with Crippen molar-refractivity contribution in [2.75, 3.05) is 12.3 Å². The highest BCUT2D eigenvalue weighted by Crippen LogP contribution is 2.41. The molecule has 1 aliphatic heterocycles. The number of alkyl halides is 2. The van der Waals surface area contributed by atoms with E-state index in [4.69, 9.17) is 10.5 Å². The van der Waals surface area contributed by atoms with Crippen LogP contribution in [0.4, 0.5) is 14.5 Å². The summed E-state index contributed by atoms with van der Waals surface area (Å²) in [6.07, 6.45) is -0.274. The Morgan fingerprint density at radius 3 is 2.92 bits per heavy atom. The maximum Gasteiger partial charge on any atom is 0.280 e. The van der Waals surface area contributed by atoms with E-state index in [9.17, 15) is 8.78 Å². The zero-order chi connectivity index (χ0) is 9.47. The van der Waals surface area contributed by atoms with Crippen LogP contribution in [0.25, 0.3) is 0 Å². The maximum absolute atomic E-state index is 13.2. The summed E-state index contributed by atoms with van der Waals surface area (Å²) in [6, 6.07) is 4.31. The molecule has 2 N–H and O–H groups in total. The minimum Gasteiger partial charge on any atom is -0.493 e. The first-order valence-corrected chi connectivity index (χ1v) is 4.00. The van der Waals surface area contributed by atoms with Gasteiger partial charge in [-0.05, 0) is 18.2 Å². The lowest BCUT2D eigenvalue weighted by atomic mass is 10.0. The number of hydrogen-bond acceptors (Lipinski definition) is 2. The van der Waals surface area contributed by atoms with Gasteiger partial charge in [-0.2, -0.15) is 0 Å². The second kappa shape index (κ2) is 2.58. The van der Waals surface area contributed by atoms with E-state index in [1.807, 2.05) is 0 Å². The van der Waals surface area contributed by atoms with Crippen LogP contribution < -0.4 is 10.5 Å². The highest BCUT2D eigenvalue weighted by atomic mass is 19.3. The molecule has 70 valence electrons. The average molecular weight is 185 g/mol. The number of nitrogens with two attached hydrogens (primary N) is 1. The van der Waals surface area contributed by atoms with Gasteiger partial charge in [-0.1, -0.05) is 0 Å². The molecule has 0 saturated heterocycles. The summed E-state index contributed by atoms with van der Waals surface area (Å²) in [4.78, 5) is 0. The number of fused-ring (bicyclic) bond motifs is 1. The molecule has 0 saturated carbocycles. The largest absolute Gasteiger partial charge is 0.493 e. The van der Waals surface area contributed by atoms with Crippen LogP contribution in [-0.4, -0.2) is 6.61 Å². The van der Waals surface area contributed by atoms with Crippen molar-refractivity contribution >= 4 is 5.69 Å². The fraction of sp³-hybridized carbons (Fsp3) is 0.333. The fourth-order valence-electron chi connectivity index (χ4n) is 1.38. The van der Waals surface area contributed by atoms with Gasteiger partial charge in [-0.25, -0.2) is 8.78 Å². The Morgan fingerprint density at radius 1 is 1.38 bits per heavy atom. The van der Waals surface area contributed by atoms with Crippen LogP contribution in [0.15, 0.2) is 18.2 Å². The Hall–Kier alpha value is -1.32. The van der Waals surface area contributed by atoms with Crippen LogP contribution in [0, 0.1) is 0 Å². The minimum atomic E-state index is -2.80. The molecule has 2 nitrogen and oxygen atoms in total. The third kappa shape index (κ3) is 1.32. The van der Waals surface area contributed by atoms with Crippen LogP contribution in [0.2, 0.25) is 0 Å². The van der Waals surface area contributed by atoms with Gasteiger partial charge in [-0.3, -0.25) is 0 Å². The molecule has 13 heavy (non-hydrogen) atoms. The Balaban J connectivity index is 2.55. The summed E-state index contributed by atoms with van der Waals surface area (Å²) < 4.78 is 31.6. The molecule has 0 unspecified atom stereocenters. The Kier molecular flexibility index (Phi) is 1.65. The molecule has 1 aromatic rings. The van der Waals surface area contributed by atoms with Gasteiger partial charge in [0, 0.05) is 5.69 Å². The van der Waals surface area contributed by atoms with Gasteiger partial charge in [0.15, 0.2) is 0 Å². The van der Waals surface area contributed by atoms with Crippen molar-refractivity contribution in [1.29, 1.82) is 0 Å². The van der Waals surface area contributed by atoms with Gasteiger partial charge in [0.05, 0.1) is 18.6 Å². The van der Waals surface area contributed by atoms with E-state index in [2.05, 4.69) is 0 Å². The Labute approximate surface area is 74.3 Å². The van der Waals surface area contributed by atoms with Crippen molar-refractivity contribution in [2.45, 2.75) is 12.3 Å².